The van der Waals surface area contributed by atoms with Crippen molar-refractivity contribution in [3.8, 4) is 0 Å². The van der Waals surface area contributed by atoms with Crippen molar-refractivity contribution in [2.24, 2.45) is 40.2 Å². The van der Waals surface area contributed by atoms with E-state index in [4.69, 9.17) is 4.74 Å². The topological polar surface area (TPSA) is 58.9 Å². The van der Waals surface area contributed by atoms with Gasteiger partial charge in [0.1, 0.15) is 5.60 Å². The highest BCUT2D eigenvalue weighted by atomic mass is 16.6. The lowest BCUT2D eigenvalue weighted by molar-refractivity contribution is -0.162. The molecule has 4 aliphatic carbocycles. The second-order valence-electron chi connectivity index (χ2n) is 9.62. The lowest BCUT2D eigenvalue weighted by atomic mass is 9.48. The second kappa shape index (κ2) is 5.46. The van der Waals surface area contributed by atoms with Crippen molar-refractivity contribution in [3.05, 3.63) is 23.8 Å². The maximum absolute atomic E-state index is 11.9. The van der Waals surface area contributed by atoms with Crippen LogP contribution in [0.5, 0.6) is 0 Å². The molecule has 0 radical (unpaired) electrons. The van der Waals surface area contributed by atoms with Crippen LogP contribution in [0.1, 0.15) is 58.8 Å². The van der Waals surface area contributed by atoms with Crippen molar-refractivity contribution < 1.29 is 14.7 Å². The van der Waals surface area contributed by atoms with E-state index in [-0.39, 0.29) is 17.0 Å². The Morgan fingerprint density at radius 2 is 2.12 bits per heavy atom. The zero-order chi connectivity index (χ0) is 18.1. The molecular weight excluding hydrogens is 326 g/mol. The number of esters is 1. The van der Waals surface area contributed by atoms with Gasteiger partial charge in [-0.2, -0.15) is 0 Å². The van der Waals surface area contributed by atoms with Gasteiger partial charge in [0.25, 0.3) is 0 Å². The maximum atomic E-state index is 11.9. The van der Waals surface area contributed by atoms with Crippen LogP contribution in [-0.4, -0.2) is 22.5 Å². The van der Waals surface area contributed by atoms with Gasteiger partial charge in [0.2, 0.25) is 0 Å². The molecule has 0 aromatic heterocycles. The van der Waals surface area contributed by atoms with Crippen LogP contribution in [0.25, 0.3) is 0 Å². The summed E-state index contributed by atoms with van der Waals surface area (Å²) in [6.07, 6.45) is 13.6. The van der Waals surface area contributed by atoms with Gasteiger partial charge < -0.3 is 9.94 Å². The molecule has 5 rings (SSSR count). The van der Waals surface area contributed by atoms with Gasteiger partial charge in [-0.25, -0.2) is 4.79 Å². The fourth-order valence-corrected chi connectivity index (χ4v) is 7.61. The first-order chi connectivity index (χ1) is 12.5. The summed E-state index contributed by atoms with van der Waals surface area (Å²) in [5.41, 5.74) is 2.10. The molecule has 4 nitrogen and oxygen atoms in total. The average Bonchev–Trinajstić information content (AvgIpc) is 3.15. The summed E-state index contributed by atoms with van der Waals surface area (Å²) in [5, 5.41) is 12.6. The van der Waals surface area contributed by atoms with Gasteiger partial charge in [0, 0.05) is 11.5 Å². The predicted octanol–water partition coefficient (Wildman–Crippen LogP) is 4.49. The Balaban J connectivity index is 1.49. The first kappa shape index (κ1) is 16.6. The van der Waals surface area contributed by atoms with E-state index >= 15 is 0 Å². The Labute approximate surface area is 155 Å². The maximum Gasteiger partial charge on any atom is 0.331 e. The minimum absolute atomic E-state index is 0.0820. The molecule has 5 aliphatic rings. The van der Waals surface area contributed by atoms with E-state index in [0.717, 1.165) is 49.7 Å². The SMILES string of the molecule is CC1CC2=CC(=NO)CC[C@@H]2C2CC[C@@]3(C)C(CC[C@@]34C=CC(=O)O4)C12. The molecule has 1 aliphatic heterocycles. The fraction of sp³-hybridized carbons (Fsp3) is 0.727. The summed E-state index contributed by atoms with van der Waals surface area (Å²) in [6.45, 7) is 4.80. The monoisotopic (exact) mass is 355 g/mol. The molecule has 4 heteroatoms. The first-order valence-electron chi connectivity index (χ1n) is 10.3. The second-order valence-corrected chi connectivity index (χ2v) is 9.62. The highest BCUT2D eigenvalue weighted by Gasteiger charge is 2.65. The van der Waals surface area contributed by atoms with Crippen LogP contribution < -0.4 is 0 Å². The van der Waals surface area contributed by atoms with Crippen LogP contribution in [-0.2, 0) is 9.53 Å². The van der Waals surface area contributed by atoms with E-state index in [0.29, 0.717) is 17.8 Å². The molecule has 0 saturated heterocycles. The molecule has 4 unspecified atom stereocenters. The molecule has 0 bridgehead atoms. The Morgan fingerprint density at radius 3 is 2.85 bits per heavy atom. The van der Waals surface area contributed by atoms with Crippen LogP contribution in [0.15, 0.2) is 29.0 Å². The zero-order valence-electron chi connectivity index (χ0n) is 15.8. The van der Waals surface area contributed by atoms with E-state index in [2.05, 4.69) is 31.2 Å². The molecule has 1 N–H and O–H groups in total. The van der Waals surface area contributed by atoms with Gasteiger partial charge in [0.05, 0.1) is 5.71 Å². The van der Waals surface area contributed by atoms with Crippen molar-refractivity contribution >= 4 is 11.7 Å². The molecular formula is C22H29NO3. The van der Waals surface area contributed by atoms with Crippen molar-refractivity contribution in [2.75, 3.05) is 0 Å². The fourth-order valence-electron chi connectivity index (χ4n) is 7.61. The quantitative estimate of drug-likeness (QED) is 0.396. The number of ether oxygens (including phenoxy) is 1. The molecule has 0 amide bonds. The van der Waals surface area contributed by atoms with Crippen LogP contribution in [0.2, 0.25) is 0 Å². The lowest BCUT2D eigenvalue weighted by Gasteiger charge is -2.57. The summed E-state index contributed by atoms with van der Waals surface area (Å²) >= 11 is 0. The van der Waals surface area contributed by atoms with Gasteiger partial charge in [-0.3, -0.25) is 0 Å². The number of oxime groups is 1. The van der Waals surface area contributed by atoms with Gasteiger partial charge in [-0.05, 0) is 86.7 Å². The molecule has 7 atom stereocenters. The number of rotatable bonds is 0. The standard InChI is InChI=1S/C22H29NO3/c1-13-11-14-12-15(23-25)3-4-16(14)17-5-8-21(2)18(20(13)17)6-9-22(21)10-7-19(24)26-22/h7,10,12-13,16-18,20,25H,3-6,8-9,11H2,1-2H3/t13?,16-,17?,18?,20?,21-,22+/m0/s1. The number of nitrogens with zero attached hydrogens (tertiary/aromatic N) is 1. The van der Waals surface area contributed by atoms with Gasteiger partial charge >= 0.3 is 5.97 Å². The summed E-state index contributed by atoms with van der Waals surface area (Å²) < 4.78 is 5.93. The summed E-state index contributed by atoms with van der Waals surface area (Å²) in [6, 6.07) is 0. The molecule has 140 valence electrons. The number of fused-ring (bicyclic) bond motifs is 6. The third-order valence-corrected chi connectivity index (χ3v) is 8.74. The number of hydrogen-bond donors (Lipinski definition) is 1. The van der Waals surface area contributed by atoms with E-state index < -0.39 is 0 Å². The Kier molecular flexibility index (Phi) is 3.48. The number of allylic oxidation sites excluding steroid dienone is 2. The predicted molar refractivity (Wildman–Crippen MR) is 98.8 cm³/mol. The van der Waals surface area contributed by atoms with Crippen LogP contribution in [0, 0.1) is 35.0 Å². The van der Waals surface area contributed by atoms with Crippen LogP contribution >= 0.6 is 0 Å². The molecule has 3 saturated carbocycles. The number of carbonyl (C=O) groups excluding carboxylic acids is 1. The Hall–Kier alpha value is -1.58. The van der Waals surface area contributed by atoms with Gasteiger partial charge in [-0.1, -0.05) is 24.6 Å². The summed E-state index contributed by atoms with van der Waals surface area (Å²) in [7, 11) is 0. The Morgan fingerprint density at radius 1 is 1.27 bits per heavy atom. The highest BCUT2D eigenvalue weighted by molar-refractivity contribution is 5.96. The summed E-state index contributed by atoms with van der Waals surface area (Å²) in [4.78, 5) is 11.9. The van der Waals surface area contributed by atoms with Crippen LogP contribution in [0.3, 0.4) is 0 Å². The minimum atomic E-state index is -0.348. The molecule has 1 heterocycles. The molecule has 0 aromatic rings. The van der Waals surface area contributed by atoms with Crippen molar-refractivity contribution in [1.29, 1.82) is 0 Å². The van der Waals surface area contributed by atoms with E-state index in [9.17, 15) is 10.0 Å². The molecule has 0 aromatic carbocycles. The van der Waals surface area contributed by atoms with Crippen molar-refractivity contribution in [3.63, 3.8) is 0 Å². The first-order valence-corrected chi connectivity index (χ1v) is 10.3. The third kappa shape index (κ3) is 2.02. The van der Waals surface area contributed by atoms with Crippen LogP contribution in [0.4, 0.5) is 0 Å². The lowest BCUT2D eigenvalue weighted by Crippen LogP contribution is -2.54. The van der Waals surface area contributed by atoms with Gasteiger partial charge in [-0.15, -0.1) is 0 Å². The minimum Gasteiger partial charge on any atom is -0.451 e. The third-order valence-electron chi connectivity index (χ3n) is 8.74. The van der Waals surface area contributed by atoms with Crippen molar-refractivity contribution in [2.45, 2.75) is 64.4 Å². The largest absolute Gasteiger partial charge is 0.451 e. The average molecular weight is 355 g/mol. The summed E-state index contributed by atoms with van der Waals surface area (Å²) in [5.74, 6) is 3.24. The highest BCUT2D eigenvalue weighted by Crippen LogP contribution is 2.67. The van der Waals surface area contributed by atoms with E-state index in [1.807, 2.05) is 0 Å². The molecule has 1 spiro atoms. The zero-order valence-corrected chi connectivity index (χ0v) is 15.8. The normalized spacial score (nSPS) is 51.0. The van der Waals surface area contributed by atoms with Gasteiger partial charge in [0.15, 0.2) is 0 Å². The molecule has 26 heavy (non-hydrogen) atoms. The smallest absolute Gasteiger partial charge is 0.331 e. The van der Waals surface area contributed by atoms with E-state index in [1.54, 1.807) is 6.08 Å². The van der Waals surface area contributed by atoms with Crippen molar-refractivity contribution in [1.82, 2.24) is 0 Å². The Bertz CT molecular complexity index is 738. The molecule has 3 fully saturated rings. The number of hydrogen-bond acceptors (Lipinski definition) is 4. The number of carbonyl (C=O) groups is 1. The van der Waals surface area contributed by atoms with E-state index in [1.165, 1.54) is 18.4 Å².